The molecule has 0 saturated heterocycles. The maximum atomic E-state index is 15.7. The van der Waals surface area contributed by atoms with Gasteiger partial charge in [-0.05, 0) is 39.5 Å². The molecule has 5 aromatic carbocycles. The summed E-state index contributed by atoms with van der Waals surface area (Å²) in [5.41, 5.74) is 6.22. The zero-order valence-electron chi connectivity index (χ0n) is 20.3. The van der Waals surface area contributed by atoms with E-state index in [-0.39, 0.29) is 0 Å². The quantitative estimate of drug-likeness (QED) is 0.230. The number of allylic oxidation sites excluding steroid dienone is 2. The summed E-state index contributed by atoms with van der Waals surface area (Å²) < 4.78 is 15.7. The first kappa shape index (κ1) is 22.0. The van der Waals surface area contributed by atoms with Gasteiger partial charge in [0.25, 0.3) is 0 Å². The Labute approximate surface area is 217 Å². The van der Waals surface area contributed by atoms with E-state index in [2.05, 4.69) is 103 Å². The fourth-order valence-electron chi connectivity index (χ4n) is 6.29. The molecule has 1 unspecified atom stereocenters. The zero-order valence-corrected chi connectivity index (χ0v) is 21.2. The van der Waals surface area contributed by atoms with Gasteiger partial charge in [-0.2, -0.15) is 0 Å². The molecule has 0 radical (unpaired) electrons. The Balaban J connectivity index is 1.66. The first-order valence-electron chi connectivity index (χ1n) is 12.7. The third-order valence-corrected chi connectivity index (χ3v) is 11.0. The van der Waals surface area contributed by atoms with Crippen LogP contribution in [-0.4, -0.2) is 0 Å². The fraction of sp³-hybridized carbons (Fsp3) is 0.0286. The van der Waals surface area contributed by atoms with E-state index in [1.807, 2.05) is 48.5 Å². The molecule has 0 bridgehead atoms. The van der Waals surface area contributed by atoms with Crippen LogP contribution in [0, 0.1) is 0 Å². The molecule has 0 aromatic heterocycles. The van der Waals surface area contributed by atoms with Gasteiger partial charge in [-0.15, -0.1) is 0 Å². The van der Waals surface area contributed by atoms with Crippen LogP contribution in [0.25, 0.3) is 10.6 Å². The number of rotatable bonds is 4. The summed E-state index contributed by atoms with van der Waals surface area (Å²) in [5, 5.41) is 2.76. The van der Waals surface area contributed by atoms with Crippen molar-refractivity contribution in [2.24, 2.45) is 0 Å². The lowest BCUT2D eigenvalue weighted by atomic mass is 9.67. The van der Waals surface area contributed by atoms with Crippen LogP contribution < -0.4 is 5.30 Å². The minimum atomic E-state index is -3.17. The lowest BCUT2D eigenvalue weighted by molar-refractivity contribution is 0.593. The molecule has 1 aliphatic carbocycles. The number of hydrogen-bond donors (Lipinski definition) is 0. The van der Waals surface area contributed by atoms with Crippen molar-refractivity contribution in [3.63, 3.8) is 0 Å². The zero-order chi connectivity index (χ0) is 24.9. The van der Waals surface area contributed by atoms with Gasteiger partial charge in [0.05, 0.1) is 5.41 Å². The molecule has 0 fully saturated rings. The Hall–Kier alpha value is -4.19. The van der Waals surface area contributed by atoms with Gasteiger partial charge in [0, 0.05) is 15.9 Å². The van der Waals surface area contributed by atoms with Crippen molar-refractivity contribution in [1.82, 2.24) is 0 Å². The fourth-order valence-corrected chi connectivity index (χ4v) is 9.59. The molecule has 2 heteroatoms. The van der Waals surface area contributed by atoms with Crippen molar-refractivity contribution < 1.29 is 4.57 Å². The summed E-state index contributed by atoms with van der Waals surface area (Å²) in [5.74, 6) is 0. The second-order valence-corrected chi connectivity index (χ2v) is 12.3. The van der Waals surface area contributed by atoms with Crippen LogP contribution in [0.3, 0.4) is 0 Å². The molecule has 0 N–H and O–H groups in total. The Morgan fingerprint density at radius 2 is 1.00 bits per heavy atom. The molecular weight excluding hydrogens is 467 g/mol. The molecule has 0 saturated carbocycles. The molecular formula is C35H25OP. The monoisotopic (exact) mass is 492 g/mol. The standard InChI is InChI=1S/C35H25OP/c36-37(29-21-11-4-12-22-29)33(26-15-5-1-6-16-26)25-32-34(37)30-23-13-14-24-31(30)35(32,27-17-7-2-8-18-27)28-19-9-3-10-20-28/h1-25H. The Bertz CT molecular complexity index is 1680. The van der Waals surface area contributed by atoms with Crippen molar-refractivity contribution in [3.8, 4) is 0 Å². The number of benzene rings is 5. The predicted octanol–water partition coefficient (Wildman–Crippen LogP) is 8.49. The van der Waals surface area contributed by atoms with Crippen LogP contribution in [0.1, 0.15) is 27.8 Å². The minimum absolute atomic E-state index is 0.560. The maximum Gasteiger partial charge on any atom is 0.172 e. The van der Waals surface area contributed by atoms with E-state index in [0.717, 1.165) is 32.6 Å². The molecule has 5 aromatic rings. The van der Waals surface area contributed by atoms with Gasteiger partial charge in [0.1, 0.15) is 0 Å². The summed E-state index contributed by atoms with van der Waals surface area (Å²) >= 11 is 0. The summed E-state index contributed by atoms with van der Waals surface area (Å²) in [7, 11) is -3.17. The van der Waals surface area contributed by atoms with Gasteiger partial charge < -0.3 is 4.57 Å². The van der Waals surface area contributed by atoms with Crippen molar-refractivity contribution in [2.75, 3.05) is 0 Å². The Morgan fingerprint density at radius 1 is 0.514 bits per heavy atom. The Morgan fingerprint density at radius 3 is 1.59 bits per heavy atom. The second-order valence-electron chi connectivity index (χ2n) is 9.63. The number of hydrogen-bond acceptors (Lipinski definition) is 1. The average Bonchev–Trinajstić information content (AvgIpc) is 3.46. The Kier molecular flexibility index (Phi) is 5.03. The molecule has 1 aliphatic heterocycles. The third kappa shape index (κ3) is 3.02. The molecule has 7 rings (SSSR count). The van der Waals surface area contributed by atoms with E-state index in [0.29, 0.717) is 0 Å². The van der Waals surface area contributed by atoms with E-state index in [9.17, 15) is 0 Å². The van der Waals surface area contributed by atoms with Crippen molar-refractivity contribution in [2.45, 2.75) is 5.41 Å². The van der Waals surface area contributed by atoms with E-state index >= 15 is 4.57 Å². The first-order valence-corrected chi connectivity index (χ1v) is 14.4. The normalized spacial score (nSPS) is 19.3. The van der Waals surface area contributed by atoms with Crippen LogP contribution in [0.2, 0.25) is 0 Å². The van der Waals surface area contributed by atoms with E-state index in [4.69, 9.17) is 0 Å². The molecule has 0 spiro atoms. The van der Waals surface area contributed by atoms with Gasteiger partial charge in [-0.1, -0.05) is 146 Å². The van der Waals surface area contributed by atoms with Crippen LogP contribution in [-0.2, 0) is 9.98 Å². The van der Waals surface area contributed by atoms with E-state index in [1.54, 1.807) is 0 Å². The largest absolute Gasteiger partial charge is 0.309 e. The van der Waals surface area contributed by atoms with Gasteiger partial charge >= 0.3 is 0 Å². The highest BCUT2D eigenvalue weighted by molar-refractivity contribution is 7.90. The van der Waals surface area contributed by atoms with Gasteiger partial charge in [-0.25, -0.2) is 0 Å². The smallest absolute Gasteiger partial charge is 0.172 e. The molecule has 1 heterocycles. The van der Waals surface area contributed by atoms with Crippen molar-refractivity contribution >= 4 is 23.1 Å². The summed E-state index contributed by atoms with van der Waals surface area (Å²) in [6.45, 7) is 0. The summed E-state index contributed by atoms with van der Waals surface area (Å²) in [6, 6.07) is 50.3. The maximum absolute atomic E-state index is 15.7. The minimum Gasteiger partial charge on any atom is -0.309 e. The highest BCUT2D eigenvalue weighted by Gasteiger charge is 2.55. The predicted molar refractivity (Wildman–Crippen MR) is 154 cm³/mol. The lowest BCUT2D eigenvalue weighted by Crippen LogP contribution is -2.29. The van der Waals surface area contributed by atoms with Gasteiger partial charge in [0.2, 0.25) is 0 Å². The number of fused-ring (bicyclic) bond motifs is 2. The molecule has 37 heavy (non-hydrogen) atoms. The molecule has 2 aliphatic rings. The van der Waals surface area contributed by atoms with Crippen LogP contribution in [0.5, 0.6) is 0 Å². The topological polar surface area (TPSA) is 17.1 Å². The highest BCUT2D eigenvalue weighted by atomic mass is 31.2. The average molecular weight is 493 g/mol. The van der Waals surface area contributed by atoms with Gasteiger partial charge in [-0.3, -0.25) is 0 Å². The van der Waals surface area contributed by atoms with E-state index in [1.165, 1.54) is 16.7 Å². The van der Waals surface area contributed by atoms with Crippen LogP contribution in [0.15, 0.2) is 157 Å². The molecule has 0 amide bonds. The SMILES string of the molecule is O=P1(c2ccccc2)C(c2ccccc2)=CC2=C1c1ccccc1C2(c1ccccc1)c1ccccc1. The molecule has 176 valence electrons. The first-order chi connectivity index (χ1) is 18.3. The molecule has 1 atom stereocenters. The third-order valence-electron chi connectivity index (χ3n) is 7.78. The van der Waals surface area contributed by atoms with Gasteiger partial charge in [0.15, 0.2) is 7.14 Å². The summed E-state index contributed by atoms with van der Waals surface area (Å²) in [4.78, 5) is 0. The summed E-state index contributed by atoms with van der Waals surface area (Å²) in [6.07, 6.45) is 2.25. The second kappa shape index (κ2) is 8.44. The lowest BCUT2D eigenvalue weighted by Gasteiger charge is -2.34. The van der Waals surface area contributed by atoms with Crippen molar-refractivity contribution in [1.29, 1.82) is 0 Å². The molecule has 1 nitrogen and oxygen atoms in total. The van der Waals surface area contributed by atoms with Crippen molar-refractivity contribution in [3.05, 3.63) is 185 Å². The van der Waals surface area contributed by atoms with E-state index < -0.39 is 12.6 Å². The van der Waals surface area contributed by atoms with Crippen LogP contribution >= 0.6 is 7.14 Å². The van der Waals surface area contributed by atoms with Crippen LogP contribution in [0.4, 0.5) is 0 Å². The highest BCUT2D eigenvalue weighted by Crippen LogP contribution is 2.77.